The van der Waals surface area contributed by atoms with Gasteiger partial charge >= 0.3 is 0 Å². The van der Waals surface area contributed by atoms with Crippen LogP contribution in [-0.2, 0) is 19.7 Å². The average molecular weight is 358 g/mol. The molecule has 0 amide bonds. The van der Waals surface area contributed by atoms with E-state index in [2.05, 4.69) is 36.8 Å². The van der Waals surface area contributed by atoms with Crippen molar-refractivity contribution in [2.75, 3.05) is 55.3 Å². The van der Waals surface area contributed by atoms with Gasteiger partial charge in [-0.3, -0.25) is 4.68 Å². The maximum Gasteiger partial charge on any atom is 0.223 e. The largest absolute Gasteiger partial charge is 0.390 e. The Morgan fingerprint density at radius 2 is 1.73 bits per heavy atom. The van der Waals surface area contributed by atoms with Crippen molar-refractivity contribution >= 4 is 17.6 Å². The summed E-state index contributed by atoms with van der Waals surface area (Å²) in [4.78, 5) is 15.8. The number of hydrogen-bond donors (Lipinski definition) is 2. The van der Waals surface area contributed by atoms with Crippen LogP contribution in [-0.4, -0.2) is 69.5 Å². The van der Waals surface area contributed by atoms with Gasteiger partial charge in [-0.1, -0.05) is 0 Å². The van der Waals surface area contributed by atoms with Gasteiger partial charge in [-0.05, 0) is 19.5 Å². The van der Waals surface area contributed by atoms with E-state index >= 15 is 0 Å². The lowest BCUT2D eigenvalue weighted by molar-refractivity contribution is 0.275. The third-order valence-electron chi connectivity index (χ3n) is 5.09. The molecule has 0 unspecified atom stereocenters. The maximum absolute atomic E-state index is 9.34. The molecule has 0 radical (unpaired) electrons. The van der Waals surface area contributed by atoms with Crippen LogP contribution in [0.15, 0.2) is 12.1 Å². The normalized spacial score (nSPS) is 18.7. The van der Waals surface area contributed by atoms with Gasteiger partial charge in [0.1, 0.15) is 11.6 Å². The molecule has 26 heavy (non-hydrogen) atoms. The number of aliphatic hydroxyl groups excluding tert-OH is 1. The molecule has 2 aromatic heterocycles. The summed E-state index contributed by atoms with van der Waals surface area (Å²) in [5, 5.41) is 13.8. The number of hydrogen-bond acceptors (Lipinski definition) is 8. The third kappa shape index (κ3) is 3.45. The summed E-state index contributed by atoms with van der Waals surface area (Å²) in [7, 11) is 2.14. The molecule has 9 heteroatoms. The van der Waals surface area contributed by atoms with Gasteiger partial charge in [-0.15, -0.1) is 0 Å². The molecule has 0 spiro atoms. The Hall–Kier alpha value is -2.39. The molecule has 140 valence electrons. The van der Waals surface area contributed by atoms with Crippen LogP contribution < -0.4 is 15.5 Å². The smallest absolute Gasteiger partial charge is 0.223 e. The molecule has 4 rings (SSSR count). The fourth-order valence-corrected chi connectivity index (χ4v) is 3.59. The van der Waals surface area contributed by atoms with E-state index in [-0.39, 0.29) is 6.61 Å². The molecule has 0 saturated carbocycles. The first-order valence-corrected chi connectivity index (χ1v) is 9.12. The highest BCUT2D eigenvalue weighted by Gasteiger charge is 2.21. The van der Waals surface area contributed by atoms with Crippen molar-refractivity contribution in [1.29, 1.82) is 0 Å². The first-order chi connectivity index (χ1) is 12.6. The SMILES string of the molecule is CN1CCN(c2cc(N3CCCn4nc(CO)cc4C3)nc(N)n2)CC1. The summed E-state index contributed by atoms with van der Waals surface area (Å²) in [6, 6.07) is 4.00. The second-order valence-electron chi connectivity index (χ2n) is 7.02. The third-order valence-corrected chi connectivity index (χ3v) is 5.09. The van der Waals surface area contributed by atoms with Crippen molar-refractivity contribution < 1.29 is 5.11 Å². The van der Waals surface area contributed by atoms with Crippen LogP contribution in [0, 0.1) is 0 Å². The van der Waals surface area contributed by atoms with Crippen molar-refractivity contribution in [3.05, 3.63) is 23.5 Å². The molecule has 0 aromatic carbocycles. The lowest BCUT2D eigenvalue weighted by Gasteiger charge is -2.33. The van der Waals surface area contributed by atoms with Gasteiger partial charge in [0.15, 0.2) is 0 Å². The topological polar surface area (TPSA) is 99.6 Å². The van der Waals surface area contributed by atoms with E-state index < -0.39 is 0 Å². The van der Waals surface area contributed by atoms with Crippen molar-refractivity contribution in [2.24, 2.45) is 0 Å². The maximum atomic E-state index is 9.34. The summed E-state index contributed by atoms with van der Waals surface area (Å²) in [5.74, 6) is 2.06. The van der Waals surface area contributed by atoms with Crippen molar-refractivity contribution in [2.45, 2.75) is 26.1 Å². The highest BCUT2D eigenvalue weighted by Crippen LogP contribution is 2.24. The molecule has 3 N–H and O–H groups in total. The second kappa shape index (κ2) is 7.08. The van der Waals surface area contributed by atoms with Crippen LogP contribution in [0.25, 0.3) is 0 Å². The fraction of sp³-hybridized carbons (Fsp3) is 0.588. The van der Waals surface area contributed by atoms with Crippen molar-refractivity contribution in [1.82, 2.24) is 24.6 Å². The number of aromatic nitrogens is 4. The summed E-state index contributed by atoms with van der Waals surface area (Å²) in [6.07, 6.45) is 0.966. The minimum Gasteiger partial charge on any atom is -0.390 e. The van der Waals surface area contributed by atoms with E-state index in [9.17, 15) is 5.11 Å². The van der Waals surface area contributed by atoms with Crippen LogP contribution in [0.1, 0.15) is 17.8 Å². The number of likely N-dealkylation sites (N-methyl/N-ethyl adjacent to an activating group) is 1. The summed E-state index contributed by atoms with van der Waals surface area (Å²) >= 11 is 0. The second-order valence-corrected chi connectivity index (χ2v) is 7.02. The first kappa shape index (κ1) is 17.0. The van der Waals surface area contributed by atoms with Crippen LogP contribution >= 0.6 is 0 Å². The Morgan fingerprint density at radius 3 is 2.46 bits per heavy atom. The van der Waals surface area contributed by atoms with E-state index in [1.807, 2.05) is 16.8 Å². The lowest BCUT2D eigenvalue weighted by atomic mass is 10.3. The van der Waals surface area contributed by atoms with Gasteiger partial charge in [-0.2, -0.15) is 15.1 Å². The average Bonchev–Trinajstić information content (AvgIpc) is 2.92. The number of nitrogens with zero attached hydrogens (tertiary/aromatic N) is 7. The summed E-state index contributed by atoms with van der Waals surface area (Å²) < 4.78 is 1.98. The molecule has 9 nitrogen and oxygen atoms in total. The molecule has 2 aromatic rings. The van der Waals surface area contributed by atoms with E-state index in [4.69, 9.17) is 5.73 Å². The zero-order chi connectivity index (χ0) is 18.1. The van der Waals surface area contributed by atoms with Crippen LogP contribution in [0.4, 0.5) is 17.6 Å². The van der Waals surface area contributed by atoms with Crippen molar-refractivity contribution in [3.63, 3.8) is 0 Å². The summed E-state index contributed by atoms with van der Waals surface area (Å²) in [5.41, 5.74) is 7.82. The zero-order valence-electron chi connectivity index (χ0n) is 15.2. The van der Waals surface area contributed by atoms with Gasteiger partial charge in [0.05, 0.1) is 24.5 Å². The highest BCUT2D eigenvalue weighted by molar-refractivity contribution is 5.54. The highest BCUT2D eigenvalue weighted by atomic mass is 16.3. The number of piperazine rings is 1. The number of nitrogens with two attached hydrogens (primary N) is 1. The van der Waals surface area contributed by atoms with Crippen molar-refractivity contribution in [3.8, 4) is 0 Å². The molecule has 0 atom stereocenters. The Labute approximate surface area is 153 Å². The number of aryl methyl sites for hydroxylation is 1. The number of rotatable bonds is 3. The quantitative estimate of drug-likeness (QED) is 0.785. The van der Waals surface area contributed by atoms with Crippen LogP contribution in [0.3, 0.4) is 0 Å². The van der Waals surface area contributed by atoms with Gasteiger partial charge in [0, 0.05) is 45.3 Å². The first-order valence-electron chi connectivity index (χ1n) is 9.12. The Balaban J connectivity index is 1.58. The predicted octanol–water partition coefficient (Wildman–Crippen LogP) is -0.0903. The molecular weight excluding hydrogens is 332 g/mol. The van der Waals surface area contributed by atoms with E-state index in [0.717, 1.165) is 63.0 Å². The predicted molar refractivity (Wildman–Crippen MR) is 100.0 cm³/mol. The van der Waals surface area contributed by atoms with Crippen LogP contribution in [0.2, 0.25) is 0 Å². The van der Waals surface area contributed by atoms with E-state index in [0.29, 0.717) is 18.2 Å². The number of nitrogen functional groups attached to an aromatic ring is 1. The molecule has 1 saturated heterocycles. The Kier molecular flexibility index (Phi) is 4.64. The van der Waals surface area contributed by atoms with Gasteiger partial charge < -0.3 is 25.5 Å². The molecule has 0 aliphatic carbocycles. The number of fused-ring (bicyclic) bond motifs is 1. The fourth-order valence-electron chi connectivity index (χ4n) is 3.59. The number of anilines is 3. The van der Waals surface area contributed by atoms with Gasteiger partial charge in [0.2, 0.25) is 5.95 Å². The van der Waals surface area contributed by atoms with Gasteiger partial charge in [0.25, 0.3) is 0 Å². The molecule has 1 fully saturated rings. The van der Waals surface area contributed by atoms with Crippen LogP contribution in [0.5, 0.6) is 0 Å². The van der Waals surface area contributed by atoms with E-state index in [1.54, 1.807) is 0 Å². The molecule has 4 heterocycles. The molecule has 2 aliphatic heterocycles. The molecular formula is C17H26N8O. The van der Waals surface area contributed by atoms with E-state index in [1.165, 1.54) is 0 Å². The zero-order valence-corrected chi connectivity index (χ0v) is 15.2. The standard InChI is InChI=1S/C17H26N8O/c1-22-5-7-23(8-6-22)15-10-16(20-17(18)19-15)24-3-2-4-25-14(11-24)9-13(12-26)21-25/h9-10,26H,2-8,11-12H2,1H3,(H2,18,19,20). The lowest BCUT2D eigenvalue weighted by Crippen LogP contribution is -2.45. The van der Waals surface area contributed by atoms with Gasteiger partial charge in [-0.25, -0.2) is 0 Å². The number of aliphatic hydroxyl groups is 1. The molecule has 2 aliphatic rings. The Morgan fingerprint density at radius 1 is 1.00 bits per heavy atom. The summed E-state index contributed by atoms with van der Waals surface area (Å²) in [6.45, 7) is 6.32. The minimum absolute atomic E-state index is 0.0337. The molecule has 0 bridgehead atoms. The monoisotopic (exact) mass is 358 g/mol. The minimum atomic E-state index is -0.0337. The Bertz CT molecular complexity index is 768.